The van der Waals surface area contributed by atoms with Crippen LogP contribution in [0.2, 0.25) is 0 Å². The fourth-order valence-electron chi connectivity index (χ4n) is 8.38. The summed E-state index contributed by atoms with van der Waals surface area (Å²) in [5.74, 6) is 1.74. The predicted octanol–water partition coefficient (Wildman–Crippen LogP) is 7.99. The van der Waals surface area contributed by atoms with E-state index in [0.29, 0.717) is 43.4 Å². The molecule has 3 N–H and O–H groups in total. The number of hydrogen-bond donors (Lipinski definition) is 3. The number of carbonyl (C=O) groups excluding carboxylic acids is 3. The number of imide groups is 1. The van der Waals surface area contributed by atoms with Crippen LogP contribution in [0.25, 0.3) is 0 Å². The van der Waals surface area contributed by atoms with Gasteiger partial charge in [0.05, 0.1) is 12.2 Å². The van der Waals surface area contributed by atoms with Crippen LogP contribution in [-0.4, -0.2) is 46.9 Å². The molecule has 0 saturated carbocycles. The van der Waals surface area contributed by atoms with Crippen LogP contribution in [-0.2, 0) is 35.7 Å². The van der Waals surface area contributed by atoms with Gasteiger partial charge in [-0.3, -0.25) is 19.7 Å². The zero-order chi connectivity index (χ0) is 38.4. The van der Waals surface area contributed by atoms with Gasteiger partial charge in [-0.1, -0.05) is 60.7 Å². The van der Waals surface area contributed by atoms with E-state index < -0.39 is 11.9 Å². The second-order valence-corrected chi connectivity index (χ2v) is 15.9. The molecule has 2 aliphatic heterocycles. The van der Waals surface area contributed by atoms with Crippen molar-refractivity contribution in [2.45, 2.75) is 82.5 Å². The van der Waals surface area contributed by atoms with E-state index >= 15 is 0 Å². The molecule has 1 aromatic heterocycles. The van der Waals surface area contributed by atoms with Gasteiger partial charge in [-0.05, 0) is 115 Å². The van der Waals surface area contributed by atoms with Crippen molar-refractivity contribution in [3.05, 3.63) is 146 Å². The molecule has 3 aliphatic rings. The minimum absolute atomic E-state index is 0.160. The number of unbranched alkanes of at least 4 members (excludes halogenated alkanes) is 2. The lowest BCUT2D eigenvalue weighted by Gasteiger charge is -2.34. The van der Waals surface area contributed by atoms with Crippen molar-refractivity contribution in [3.63, 3.8) is 0 Å². The van der Waals surface area contributed by atoms with E-state index in [4.69, 9.17) is 9.47 Å². The van der Waals surface area contributed by atoms with E-state index in [1.54, 1.807) is 4.90 Å². The molecule has 3 atom stereocenters. The number of aromatic hydroxyl groups is 1. The first-order valence-electron chi connectivity index (χ1n) is 19.7. The van der Waals surface area contributed by atoms with E-state index in [-0.39, 0.29) is 24.2 Å². The van der Waals surface area contributed by atoms with Crippen LogP contribution in [0.1, 0.15) is 99.0 Å². The Hall–Kier alpha value is -5.45. The third kappa shape index (κ3) is 8.37. The summed E-state index contributed by atoms with van der Waals surface area (Å²) < 4.78 is 12.2. The summed E-state index contributed by atoms with van der Waals surface area (Å²) in [6.07, 6.45) is 5.72. The van der Waals surface area contributed by atoms with Crippen molar-refractivity contribution in [3.8, 4) is 17.2 Å². The Bertz CT molecular complexity index is 2170. The fourth-order valence-corrected chi connectivity index (χ4v) is 9.32. The number of phenols is 1. The molecule has 0 bridgehead atoms. The van der Waals surface area contributed by atoms with Gasteiger partial charge >= 0.3 is 0 Å². The molecule has 1 aliphatic carbocycles. The van der Waals surface area contributed by atoms with Gasteiger partial charge in [0.25, 0.3) is 5.91 Å². The van der Waals surface area contributed by atoms with E-state index in [9.17, 15) is 19.5 Å². The number of thiophene rings is 1. The molecule has 0 radical (unpaired) electrons. The molecule has 3 heterocycles. The number of nitrogens with one attached hydrogen (secondary N) is 2. The number of benzene rings is 4. The van der Waals surface area contributed by atoms with Gasteiger partial charge < -0.3 is 24.8 Å². The average molecular weight is 770 g/mol. The largest absolute Gasteiger partial charge is 0.508 e. The smallest absolute Gasteiger partial charge is 0.256 e. The number of carbonyl (C=O) groups is 3. The zero-order valence-corrected chi connectivity index (χ0v) is 32.2. The molecule has 1 fully saturated rings. The summed E-state index contributed by atoms with van der Waals surface area (Å²) in [4.78, 5) is 39.5. The molecular weight excluding hydrogens is 723 g/mol. The summed E-state index contributed by atoms with van der Waals surface area (Å²) in [6.45, 7) is 3.09. The van der Waals surface area contributed by atoms with E-state index in [0.717, 1.165) is 67.1 Å². The van der Waals surface area contributed by atoms with Gasteiger partial charge in [-0.25, -0.2) is 0 Å². The molecular formula is C46H47N3O6S. The molecule has 1 saturated heterocycles. The number of amides is 3. The third-order valence-corrected chi connectivity index (χ3v) is 12.3. The van der Waals surface area contributed by atoms with Gasteiger partial charge in [0.15, 0.2) is 0 Å². The van der Waals surface area contributed by atoms with E-state index in [1.165, 1.54) is 39.2 Å². The van der Waals surface area contributed by atoms with Crippen molar-refractivity contribution >= 4 is 29.1 Å². The van der Waals surface area contributed by atoms with Gasteiger partial charge in [0.1, 0.15) is 29.9 Å². The van der Waals surface area contributed by atoms with Gasteiger partial charge in [0.2, 0.25) is 11.8 Å². The Labute approximate surface area is 331 Å². The summed E-state index contributed by atoms with van der Waals surface area (Å²) in [6, 6.07) is 32.7. The molecule has 56 heavy (non-hydrogen) atoms. The van der Waals surface area contributed by atoms with E-state index in [2.05, 4.69) is 83.4 Å². The van der Waals surface area contributed by atoms with Crippen molar-refractivity contribution in [1.29, 1.82) is 0 Å². The molecule has 10 heteroatoms. The van der Waals surface area contributed by atoms with Gasteiger partial charge in [-0.2, -0.15) is 0 Å². The number of hydrogen-bond acceptors (Lipinski definition) is 8. The number of nitrogens with zero attached hydrogens (tertiary/aromatic N) is 1. The van der Waals surface area contributed by atoms with Crippen LogP contribution < -0.4 is 20.1 Å². The SMILES string of the molecule is O=C1CCC(N2Cc3c(csc3COc3ccc(CNCCCCCOc4ccc([C@H]5c6ccc(O)cc6CC[C@H]5c5ccccc5)cc4)cc3)C2=O)C(=O)N1. The maximum absolute atomic E-state index is 13.0. The Morgan fingerprint density at radius 3 is 2.41 bits per heavy atom. The number of phenolic OH excluding ortho intramolecular Hbond substituents is 1. The van der Waals surface area contributed by atoms with Crippen LogP contribution in [0.5, 0.6) is 17.2 Å². The minimum atomic E-state index is -0.615. The molecule has 5 aromatic rings. The molecule has 288 valence electrons. The average Bonchev–Trinajstić information content (AvgIpc) is 3.77. The summed E-state index contributed by atoms with van der Waals surface area (Å²) in [5, 5.41) is 17.9. The quantitative estimate of drug-likeness (QED) is 0.0730. The minimum Gasteiger partial charge on any atom is -0.508 e. The zero-order valence-electron chi connectivity index (χ0n) is 31.4. The lowest BCUT2D eigenvalue weighted by Crippen LogP contribution is -2.52. The second-order valence-electron chi connectivity index (χ2n) is 15.0. The van der Waals surface area contributed by atoms with Crippen molar-refractivity contribution in [2.75, 3.05) is 13.2 Å². The fraction of sp³-hybridized carbons (Fsp3) is 0.326. The Kier molecular flexibility index (Phi) is 11.5. The predicted molar refractivity (Wildman–Crippen MR) is 216 cm³/mol. The maximum Gasteiger partial charge on any atom is 0.256 e. The highest BCUT2D eigenvalue weighted by Crippen LogP contribution is 2.47. The van der Waals surface area contributed by atoms with Crippen molar-refractivity contribution in [2.24, 2.45) is 0 Å². The number of aryl methyl sites for hydroxylation is 1. The lowest BCUT2D eigenvalue weighted by atomic mass is 9.69. The van der Waals surface area contributed by atoms with Crippen LogP contribution in [0.4, 0.5) is 0 Å². The Morgan fingerprint density at radius 2 is 1.61 bits per heavy atom. The van der Waals surface area contributed by atoms with E-state index in [1.807, 2.05) is 29.6 Å². The summed E-state index contributed by atoms with van der Waals surface area (Å²) in [5.41, 5.74) is 7.87. The maximum atomic E-state index is 13.0. The first kappa shape index (κ1) is 37.5. The molecule has 9 nitrogen and oxygen atoms in total. The number of ether oxygens (including phenoxy) is 2. The summed E-state index contributed by atoms with van der Waals surface area (Å²) >= 11 is 1.50. The van der Waals surface area contributed by atoms with Gasteiger partial charge in [0, 0.05) is 41.2 Å². The van der Waals surface area contributed by atoms with Crippen molar-refractivity contribution in [1.82, 2.24) is 15.5 Å². The normalized spacial score (nSPS) is 19.0. The Balaban J connectivity index is 0.738. The third-order valence-electron chi connectivity index (χ3n) is 11.3. The molecule has 0 spiro atoms. The number of fused-ring (bicyclic) bond motifs is 2. The second kappa shape index (κ2) is 17.1. The number of piperidine rings is 1. The molecule has 4 aromatic carbocycles. The monoisotopic (exact) mass is 769 g/mol. The highest BCUT2D eigenvalue weighted by molar-refractivity contribution is 7.10. The first-order chi connectivity index (χ1) is 27.4. The standard InChI is InChI=1S/C46H47N3O6S/c50-34-14-20-38-33(25-34)13-19-37(31-7-3-1-4-8-31)44(38)32-11-17-35(18-12-32)54-24-6-2-5-23-47-26-30-9-15-36(16-10-30)55-28-42-39-27-49(46(53)40(39)29-56-42)41-21-22-43(51)48-45(41)52/h1,3-4,7-12,14-18,20,25,29,37,41,44,47,50H,2,5-6,13,19,21-24,26-28H2,(H,48,51,52)/t37-,41?,44+/m0/s1. The molecule has 3 amide bonds. The highest BCUT2D eigenvalue weighted by atomic mass is 32.1. The van der Waals surface area contributed by atoms with Crippen LogP contribution in [0.3, 0.4) is 0 Å². The Morgan fingerprint density at radius 1 is 0.821 bits per heavy atom. The first-order valence-corrected chi connectivity index (χ1v) is 20.5. The highest BCUT2D eigenvalue weighted by Gasteiger charge is 2.40. The molecule has 1 unspecified atom stereocenters. The van der Waals surface area contributed by atoms with Gasteiger partial charge in [-0.15, -0.1) is 11.3 Å². The van der Waals surface area contributed by atoms with Crippen LogP contribution in [0.15, 0.2) is 102 Å². The number of rotatable bonds is 15. The van der Waals surface area contributed by atoms with Crippen LogP contribution in [0, 0.1) is 0 Å². The lowest BCUT2D eigenvalue weighted by molar-refractivity contribution is -0.136. The molecule has 8 rings (SSSR count). The topological polar surface area (TPSA) is 117 Å². The summed E-state index contributed by atoms with van der Waals surface area (Å²) in [7, 11) is 0. The van der Waals surface area contributed by atoms with Crippen LogP contribution >= 0.6 is 11.3 Å². The van der Waals surface area contributed by atoms with Crippen molar-refractivity contribution < 1.29 is 29.0 Å².